The number of allylic oxidation sites excluding steroid dienone is 2. The number of benzene rings is 1. The third-order valence-electron chi connectivity index (χ3n) is 2.88. The van der Waals surface area contributed by atoms with E-state index in [1.165, 1.54) is 24.8 Å². The lowest BCUT2D eigenvalue weighted by Crippen LogP contribution is -1.97. The van der Waals surface area contributed by atoms with Crippen molar-refractivity contribution in [3.8, 4) is 0 Å². The summed E-state index contributed by atoms with van der Waals surface area (Å²) >= 11 is 1.61. The van der Waals surface area contributed by atoms with Crippen molar-refractivity contribution in [3.05, 3.63) is 40.8 Å². The van der Waals surface area contributed by atoms with Gasteiger partial charge in [-0.05, 0) is 37.8 Å². The van der Waals surface area contributed by atoms with Gasteiger partial charge in [-0.3, -0.25) is 4.79 Å². The molecule has 1 fully saturated rings. The van der Waals surface area contributed by atoms with Gasteiger partial charge in [-0.25, -0.2) is 0 Å². The van der Waals surface area contributed by atoms with Crippen LogP contribution in [-0.2, 0) is 4.79 Å². The molecule has 2 heteroatoms. The monoisotopic (exact) mass is 232 g/mol. The molecule has 0 spiro atoms. The van der Waals surface area contributed by atoms with Crippen LogP contribution in [0.5, 0.6) is 0 Å². The van der Waals surface area contributed by atoms with Crippen LogP contribution < -0.4 is 0 Å². The fourth-order valence-electron chi connectivity index (χ4n) is 2.02. The highest BCUT2D eigenvalue weighted by Crippen LogP contribution is 2.33. The van der Waals surface area contributed by atoms with Crippen LogP contribution >= 0.6 is 11.8 Å². The molecule has 0 N–H and O–H groups in total. The van der Waals surface area contributed by atoms with E-state index >= 15 is 0 Å². The minimum Gasteiger partial charge on any atom is -0.297 e. The Morgan fingerprint density at radius 1 is 1.06 bits per heavy atom. The Labute approximate surface area is 101 Å². The number of hydrogen-bond donors (Lipinski definition) is 0. The van der Waals surface area contributed by atoms with Crippen molar-refractivity contribution < 1.29 is 4.79 Å². The smallest absolute Gasteiger partial charge is 0.156 e. The third-order valence-corrected chi connectivity index (χ3v) is 4.00. The van der Waals surface area contributed by atoms with Crippen molar-refractivity contribution in [1.29, 1.82) is 0 Å². The minimum absolute atomic E-state index is 0.936. The van der Waals surface area contributed by atoms with Gasteiger partial charge in [0.1, 0.15) is 0 Å². The van der Waals surface area contributed by atoms with Crippen LogP contribution in [0.1, 0.15) is 32.1 Å². The van der Waals surface area contributed by atoms with E-state index in [1.807, 2.05) is 18.2 Å². The Kier molecular flexibility index (Phi) is 4.23. The Morgan fingerprint density at radius 2 is 1.75 bits per heavy atom. The van der Waals surface area contributed by atoms with Crippen molar-refractivity contribution in [3.63, 3.8) is 0 Å². The summed E-state index contributed by atoms with van der Waals surface area (Å²) in [4.78, 5) is 13.2. The van der Waals surface area contributed by atoms with Gasteiger partial charge in [0.15, 0.2) is 6.29 Å². The second kappa shape index (κ2) is 5.90. The first-order valence-electron chi connectivity index (χ1n) is 5.80. The van der Waals surface area contributed by atoms with Crippen LogP contribution in [0, 0.1) is 0 Å². The average molecular weight is 232 g/mol. The molecule has 0 heterocycles. The summed E-state index contributed by atoms with van der Waals surface area (Å²) in [6.45, 7) is 0. The SMILES string of the molecule is O=CC(Sc1ccccc1)=C1CCCCC1. The highest BCUT2D eigenvalue weighted by molar-refractivity contribution is 8.04. The molecular weight excluding hydrogens is 216 g/mol. The molecule has 1 nitrogen and oxygen atoms in total. The summed E-state index contributed by atoms with van der Waals surface area (Å²) in [5.41, 5.74) is 1.36. The first kappa shape index (κ1) is 11.5. The Morgan fingerprint density at radius 3 is 2.38 bits per heavy atom. The molecule has 0 atom stereocenters. The molecule has 1 saturated carbocycles. The Hall–Kier alpha value is -1.02. The number of rotatable bonds is 3. The van der Waals surface area contributed by atoms with E-state index in [4.69, 9.17) is 0 Å². The van der Waals surface area contributed by atoms with Crippen molar-refractivity contribution in [2.45, 2.75) is 37.0 Å². The number of aldehydes is 1. The maximum Gasteiger partial charge on any atom is 0.156 e. The summed E-state index contributed by atoms with van der Waals surface area (Å²) < 4.78 is 0. The quantitative estimate of drug-likeness (QED) is 0.441. The van der Waals surface area contributed by atoms with E-state index < -0.39 is 0 Å². The first-order valence-corrected chi connectivity index (χ1v) is 6.62. The molecular formula is C14H16OS. The van der Waals surface area contributed by atoms with Gasteiger partial charge in [-0.15, -0.1) is 0 Å². The van der Waals surface area contributed by atoms with E-state index in [1.54, 1.807) is 11.8 Å². The fourth-order valence-corrected chi connectivity index (χ4v) is 2.96. The lowest BCUT2D eigenvalue weighted by Gasteiger charge is -2.15. The van der Waals surface area contributed by atoms with Gasteiger partial charge < -0.3 is 0 Å². The minimum atomic E-state index is 0.936. The van der Waals surface area contributed by atoms with E-state index in [9.17, 15) is 4.79 Å². The van der Waals surface area contributed by atoms with Crippen LogP contribution in [0.3, 0.4) is 0 Å². The Balaban J connectivity index is 2.13. The highest BCUT2D eigenvalue weighted by Gasteiger charge is 2.11. The third kappa shape index (κ3) is 2.99. The number of thioether (sulfide) groups is 1. The van der Waals surface area contributed by atoms with Crippen molar-refractivity contribution in [2.24, 2.45) is 0 Å². The molecule has 16 heavy (non-hydrogen) atoms. The molecule has 84 valence electrons. The van der Waals surface area contributed by atoms with Gasteiger partial charge in [-0.1, -0.05) is 42.0 Å². The van der Waals surface area contributed by atoms with Crippen LogP contribution in [0.2, 0.25) is 0 Å². The van der Waals surface area contributed by atoms with Gasteiger partial charge in [-0.2, -0.15) is 0 Å². The van der Waals surface area contributed by atoms with Crippen LogP contribution in [0.25, 0.3) is 0 Å². The van der Waals surface area contributed by atoms with E-state index in [2.05, 4.69) is 12.1 Å². The van der Waals surface area contributed by atoms with Gasteiger partial charge in [0, 0.05) is 4.90 Å². The molecule has 1 aromatic carbocycles. The zero-order chi connectivity index (χ0) is 11.2. The highest BCUT2D eigenvalue weighted by atomic mass is 32.2. The molecule has 2 rings (SSSR count). The molecule has 0 bridgehead atoms. The van der Waals surface area contributed by atoms with E-state index in [0.29, 0.717) is 0 Å². The fraction of sp³-hybridized carbons (Fsp3) is 0.357. The maximum atomic E-state index is 11.1. The molecule has 0 unspecified atom stereocenters. The lowest BCUT2D eigenvalue weighted by molar-refractivity contribution is -0.104. The first-order chi connectivity index (χ1) is 7.90. The molecule has 0 radical (unpaired) electrons. The number of hydrogen-bond acceptors (Lipinski definition) is 2. The molecule has 0 amide bonds. The van der Waals surface area contributed by atoms with E-state index in [-0.39, 0.29) is 0 Å². The van der Waals surface area contributed by atoms with Crippen molar-refractivity contribution in [1.82, 2.24) is 0 Å². The van der Waals surface area contributed by atoms with Crippen LogP contribution in [0.15, 0.2) is 45.7 Å². The van der Waals surface area contributed by atoms with Crippen LogP contribution in [-0.4, -0.2) is 6.29 Å². The van der Waals surface area contributed by atoms with Gasteiger partial charge in [0.2, 0.25) is 0 Å². The molecule has 0 aromatic heterocycles. The second-order valence-corrected chi connectivity index (χ2v) is 5.18. The maximum absolute atomic E-state index is 11.1. The number of carbonyl (C=O) groups excluding carboxylic acids is 1. The summed E-state index contributed by atoms with van der Waals surface area (Å²) in [6.07, 6.45) is 7.02. The average Bonchev–Trinajstić information content (AvgIpc) is 2.38. The zero-order valence-electron chi connectivity index (χ0n) is 9.32. The molecule has 1 aliphatic carbocycles. The predicted molar refractivity (Wildman–Crippen MR) is 68.5 cm³/mol. The molecule has 1 aromatic rings. The molecule has 1 aliphatic rings. The van der Waals surface area contributed by atoms with Gasteiger partial charge in [0.25, 0.3) is 0 Å². The molecule has 0 saturated heterocycles. The van der Waals surface area contributed by atoms with Crippen molar-refractivity contribution in [2.75, 3.05) is 0 Å². The predicted octanol–water partition coefficient (Wildman–Crippen LogP) is 4.20. The number of carbonyl (C=O) groups is 1. The van der Waals surface area contributed by atoms with E-state index in [0.717, 1.165) is 28.9 Å². The summed E-state index contributed by atoms with van der Waals surface area (Å²) in [5.74, 6) is 0. The lowest BCUT2D eigenvalue weighted by atomic mass is 9.95. The van der Waals surface area contributed by atoms with Crippen molar-refractivity contribution >= 4 is 18.0 Å². The van der Waals surface area contributed by atoms with Gasteiger partial charge >= 0.3 is 0 Å². The summed E-state index contributed by atoms with van der Waals surface area (Å²) in [7, 11) is 0. The summed E-state index contributed by atoms with van der Waals surface area (Å²) in [6, 6.07) is 10.1. The normalized spacial score (nSPS) is 15.9. The standard InChI is InChI=1S/C14H16OS/c15-11-14(12-7-3-1-4-8-12)16-13-9-5-2-6-10-13/h2,5-6,9-11H,1,3-4,7-8H2. The zero-order valence-corrected chi connectivity index (χ0v) is 10.1. The Bertz CT molecular complexity index is 373. The molecule has 0 aliphatic heterocycles. The largest absolute Gasteiger partial charge is 0.297 e. The van der Waals surface area contributed by atoms with Gasteiger partial charge in [0.05, 0.1) is 4.91 Å². The second-order valence-electron chi connectivity index (χ2n) is 4.06. The van der Waals surface area contributed by atoms with Crippen LogP contribution in [0.4, 0.5) is 0 Å². The summed E-state index contributed by atoms with van der Waals surface area (Å²) in [5, 5.41) is 0. The topological polar surface area (TPSA) is 17.1 Å².